The molecule has 0 radical (unpaired) electrons. The van der Waals surface area contributed by atoms with Crippen molar-refractivity contribution < 1.29 is 9.47 Å². The van der Waals surface area contributed by atoms with E-state index in [4.69, 9.17) is 9.47 Å². The lowest BCUT2D eigenvalue weighted by molar-refractivity contribution is 0.174. The molecule has 2 aromatic heterocycles. The molecule has 0 amide bonds. The van der Waals surface area contributed by atoms with Crippen LogP contribution >= 0.6 is 11.3 Å². The molecule has 0 N–H and O–H groups in total. The summed E-state index contributed by atoms with van der Waals surface area (Å²) in [6, 6.07) is 16.0. The van der Waals surface area contributed by atoms with Gasteiger partial charge in [-0.15, -0.1) is 16.4 Å². The van der Waals surface area contributed by atoms with Crippen LogP contribution in [0.4, 0.5) is 0 Å². The molecule has 6 heteroatoms. The second-order valence-electron chi connectivity index (χ2n) is 5.18. The van der Waals surface area contributed by atoms with Gasteiger partial charge in [0.05, 0.1) is 5.69 Å². The maximum atomic E-state index is 5.43. The topological polar surface area (TPSA) is 48.7 Å². The molecule has 0 saturated heterocycles. The number of fused-ring (bicyclic) bond motifs is 2. The van der Waals surface area contributed by atoms with Gasteiger partial charge in [-0.2, -0.15) is 4.98 Å². The molecule has 4 aromatic rings. The van der Waals surface area contributed by atoms with Gasteiger partial charge in [-0.3, -0.25) is 0 Å². The molecule has 112 valence electrons. The van der Waals surface area contributed by atoms with Crippen LogP contribution in [0.1, 0.15) is 0 Å². The molecule has 1 aliphatic rings. The highest BCUT2D eigenvalue weighted by Gasteiger charge is 2.17. The number of rotatable bonds is 2. The number of benzene rings is 2. The van der Waals surface area contributed by atoms with Crippen molar-refractivity contribution in [2.75, 3.05) is 6.79 Å². The Labute approximate surface area is 135 Å². The number of hydrogen-bond donors (Lipinski definition) is 0. The Morgan fingerprint density at radius 1 is 0.957 bits per heavy atom. The molecule has 0 spiro atoms. The lowest BCUT2D eigenvalue weighted by Gasteiger charge is -1.99. The highest BCUT2D eigenvalue weighted by Crippen LogP contribution is 2.35. The van der Waals surface area contributed by atoms with Crippen molar-refractivity contribution in [3.8, 4) is 34.1 Å². The van der Waals surface area contributed by atoms with Gasteiger partial charge in [-0.05, 0) is 18.2 Å². The standard InChI is InChI=1S/C17H11N3O2S/c1-2-4-11(5-3-1)13-9-23-17-18-16(19-20(13)17)12-6-7-14-15(8-12)22-10-21-14/h1-9H,10H2. The van der Waals surface area contributed by atoms with E-state index in [1.54, 1.807) is 11.3 Å². The summed E-state index contributed by atoms with van der Waals surface area (Å²) in [5, 5.41) is 6.74. The number of nitrogens with zero attached hydrogens (tertiary/aromatic N) is 3. The van der Waals surface area contributed by atoms with Crippen molar-refractivity contribution in [1.82, 2.24) is 14.6 Å². The van der Waals surface area contributed by atoms with Crippen LogP contribution in [-0.2, 0) is 0 Å². The molecule has 0 atom stereocenters. The van der Waals surface area contributed by atoms with Crippen molar-refractivity contribution in [1.29, 1.82) is 0 Å². The molecule has 5 rings (SSSR count). The van der Waals surface area contributed by atoms with Crippen LogP contribution < -0.4 is 9.47 Å². The van der Waals surface area contributed by atoms with Gasteiger partial charge in [0.2, 0.25) is 11.8 Å². The predicted octanol–water partition coefficient (Wildman–Crippen LogP) is 3.85. The first-order valence-electron chi connectivity index (χ1n) is 7.18. The highest BCUT2D eigenvalue weighted by molar-refractivity contribution is 7.15. The maximum Gasteiger partial charge on any atom is 0.231 e. The molecule has 0 unspecified atom stereocenters. The second-order valence-corrected chi connectivity index (χ2v) is 6.02. The van der Waals surface area contributed by atoms with Crippen LogP contribution in [-0.4, -0.2) is 21.4 Å². The third kappa shape index (κ3) is 1.99. The van der Waals surface area contributed by atoms with Crippen LogP contribution in [0, 0.1) is 0 Å². The van der Waals surface area contributed by atoms with Gasteiger partial charge >= 0.3 is 0 Å². The second kappa shape index (κ2) is 4.82. The van der Waals surface area contributed by atoms with Crippen LogP contribution in [0.2, 0.25) is 0 Å². The molecule has 23 heavy (non-hydrogen) atoms. The van der Waals surface area contributed by atoms with Gasteiger partial charge < -0.3 is 9.47 Å². The minimum Gasteiger partial charge on any atom is -0.454 e. The summed E-state index contributed by atoms with van der Waals surface area (Å²) in [4.78, 5) is 5.50. The zero-order chi connectivity index (χ0) is 15.2. The molecule has 0 saturated carbocycles. The zero-order valence-corrected chi connectivity index (χ0v) is 12.8. The predicted molar refractivity (Wildman–Crippen MR) is 87.9 cm³/mol. The van der Waals surface area contributed by atoms with Gasteiger partial charge in [0.1, 0.15) is 0 Å². The van der Waals surface area contributed by atoms with Gasteiger partial charge in [0, 0.05) is 16.5 Å². The van der Waals surface area contributed by atoms with Crippen LogP contribution in [0.25, 0.3) is 27.6 Å². The highest BCUT2D eigenvalue weighted by atomic mass is 32.1. The number of aromatic nitrogens is 3. The van der Waals surface area contributed by atoms with E-state index < -0.39 is 0 Å². The molecular weight excluding hydrogens is 310 g/mol. The molecular formula is C17H11N3O2S. The van der Waals surface area contributed by atoms with Crippen molar-refractivity contribution in [2.45, 2.75) is 0 Å². The fourth-order valence-corrected chi connectivity index (χ4v) is 3.48. The van der Waals surface area contributed by atoms with E-state index >= 15 is 0 Å². The van der Waals surface area contributed by atoms with Gasteiger partial charge in [-0.25, -0.2) is 4.52 Å². The Bertz CT molecular complexity index is 1010. The van der Waals surface area contributed by atoms with Crippen molar-refractivity contribution >= 4 is 16.3 Å². The maximum absolute atomic E-state index is 5.43. The Balaban J connectivity index is 1.63. The molecule has 3 heterocycles. The third-order valence-electron chi connectivity index (χ3n) is 3.78. The monoisotopic (exact) mass is 321 g/mol. The van der Waals surface area contributed by atoms with Crippen LogP contribution in [0.5, 0.6) is 11.5 Å². The summed E-state index contributed by atoms with van der Waals surface area (Å²) in [5.74, 6) is 2.19. The molecule has 2 aromatic carbocycles. The fourth-order valence-electron chi connectivity index (χ4n) is 2.65. The smallest absolute Gasteiger partial charge is 0.231 e. The Hall–Kier alpha value is -2.86. The first-order valence-corrected chi connectivity index (χ1v) is 8.06. The molecule has 1 aliphatic heterocycles. The van der Waals surface area contributed by atoms with Crippen molar-refractivity contribution in [2.24, 2.45) is 0 Å². The minimum atomic E-state index is 0.267. The summed E-state index contributed by atoms with van der Waals surface area (Å²) in [5.41, 5.74) is 3.09. The van der Waals surface area contributed by atoms with E-state index in [0.29, 0.717) is 5.82 Å². The lowest BCUT2D eigenvalue weighted by atomic mass is 10.2. The number of hydrogen-bond acceptors (Lipinski definition) is 5. The van der Waals surface area contributed by atoms with Gasteiger partial charge in [0.15, 0.2) is 17.3 Å². The first-order chi connectivity index (χ1) is 11.4. The molecule has 5 nitrogen and oxygen atoms in total. The summed E-state index contributed by atoms with van der Waals surface area (Å²) in [7, 11) is 0. The quantitative estimate of drug-likeness (QED) is 0.562. The fraction of sp³-hybridized carbons (Fsp3) is 0.0588. The largest absolute Gasteiger partial charge is 0.454 e. The molecule has 0 bridgehead atoms. The lowest BCUT2D eigenvalue weighted by Crippen LogP contribution is -1.92. The Morgan fingerprint density at radius 2 is 1.83 bits per heavy atom. The summed E-state index contributed by atoms with van der Waals surface area (Å²) in [6.45, 7) is 0.267. The van der Waals surface area contributed by atoms with E-state index in [0.717, 1.165) is 33.3 Å². The number of ether oxygens (including phenoxy) is 2. The first kappa shape index (κ1) is 12.7. The van der Waals surface area contributed by atoms with Crippen molar-refractivity contribution in [3.63, 3.8) is 0 Å². The van der Waals surface area contributed by atoms with Gasteiger partial charge in [-0.1, -0.05) is 30.3 Å². The summed E-state index contributed by atoms with van der Waals surface area (Å²) in [6.07, 6.45) is 0. The van der Waals surface area contributed by atoms with E-state index in [-0.39, 0.29) is 6.79 Å². The zero-order valence-electron chi connectivity index (χ0n) is 12.0. The summed E-state index contributed by atoms with van der Waals surface area (Å²) >= 11 is 1.58. The SMILES string of the molecule is c1ccc(-c2csc3nc(-c4ccc5c(c4)OCO5)nn23)cc1. The molecule has 0 aliphatic carbocycles. The van der Waals surface area contributed by atoms with E-state index in [1.165, 1.54) is 0 Å². The van der Waals surface area contributed by atoms with Crippen molar-refractivity contribution in [3.05, 3.63) is 53.9 Å². The Morgan fingerprint density at radius 3 is 2.74 bits per heavy atom. The third-order valence-corrected chi connectivity index (χ3v) is 4.60. The minimum absolute atomic E-state index is 0.267. The number of thiazole rings is 1. The average molecular weight is 321 g/mol. The van der Waals surface area contributed by atoms with Gasteiger partial charge in [0.25, 0.3) is 0 Å². The average Bonchev–Trinajstić information content (AvgIpc) is 3.29. The van der Waals surface area contributed by atoms with E-state index in [9.17, 15) is 0 Å². The normalized spacial score (nSPS) is 12.9. The van der Waals surface area contributed by atoms with E-state index in [2.05, 4.69) is 27.6 Å². The Kier molecular flexibility index (Phi) is 2.65. The summed E-state index contributed by atoms with van der Waals surface area (Å²) < 4.78 is 12.7. The molecule has 0 fully saturated rings. The van der Waals surface area contributed by atoms with E-state index in [1.807, 2.05) is 40.9 Å². The van der Waals surface area contributed by atoms with Crippen LogP contribution in [0.15, 0.2) is 53.9 Å². The van der Waals surface area contributed by atoms with Crippen LogP contribution in [0.3, 0.4) is 0 Å².